The molecule has 7 heteroatoms. The van der Waals surface area contributed by atoms with Gasteiger partial charge in [0.25, 0.3) is 5.56 Å². The molecule has 29 heavy (non-hydrogen) atoms. The van der Waals surface area contributed by atoms with Crippen LogP contribution in [0.15, 0.2) is 52.1 Å². The number of nitrogens with one attached hydrogen (secondary N) is 1. The van der Waals surface area contributed by atoms with Gasteiger partial charge in [-0.1, -0.05) is 12.1 Å². The third kappa shape index (κ3) is 3.15. The maximum absolute atomic E-state index is 13.2. The standard InChI is InChI=1S/C22H22FN3O3/c23-15-3-1-13(2-4-15)17-9-14-11-25(12-19(14)17)7-8-26-21(28)18-10-16(27)5-6-20(18)24-22(26)29/h1-6,10,14,17,19,27H,7-9,11-12H2,(H,24,29). The first-order valence-corrected chi connectivity index (χ1v) is 9.93. The molecule has 1 aliphatic carbocycles. The van der Waals surface area contributed by atoms with E-state index in [1.54, 1.807) is 0 Å². The van der Waals surface area contributed by atoms with E-state index in [0.29, 0.717) is 41.7 Å². The lowest BCUT2D eigenvalue weighted by atomic mass is 9.64. The molecular formula is C22H22FN3O3. The summed E-state index contributed by atoms with van der Waals surface area (Å²) >= 11 is 0. The number of H-pyrrole nitrogens is 1. The van der Waals surface area contributed by atoms with Crippen molar-refractivity contribution in [2.75, 3.05) is 19.6 Å². The maximum atomic E-state index is 13.2. The number of nitrogens with zero attached hydrogens (tertiary/aromatic N) is 2. The monoisotopic (exact) mass is 395 g/mol. The molecular weight excluding hydrogens is 373 g/mol. The zero-order valence-corrected chi connectivity index (χ0v) is 15.8. The van der Waals surface area contributed by atoms with Gasteiger partial charge in [0.15, 0.2) is 0 Å². The minimum absolute atomic E-state index is 0.00356. The highest BCUT2D eigenvalue weighted by atomic mass is 19.1. The minimum atomic E-state index is -0.431. The molecule has 1 aromatic heterocycles. The van der Waals surface area contributed by atoms with E-state index >= 15 is 0 Å². The second kappa shape index (κ2) is 6.84. The van der Waals surface area contributed by atoms with Crippen molar-refractivity contribution < 1.29 is 9.50 Å². The van der Waals surface area contributed by atoms with Gasteiger partial charge in [-0.3, -0.25) is 9.36 Å². The molecule has 2 N–H and O–H groups in total. The SMILES string of the molecule is O=c1[nH]c2ccc(O)cc2c(=O)n1CCN1CC2CC(c3ccc(F)cc3)C2C1. The van der Waals surface area contributed by atoms with Crippen molar-refractivity contribution in [2.24, 2.45) is 11.8 Å². The van der Waals surface area contributed by atoms with Crippen LogP contribution >= 0.6 is 0 Å². The average Bonchev–Trinajstić information content (AvgIpc) is 3.00. The molecule has 3 unspecified atom stereocenters. The highest BCUT2D eigenvalue weighted by molar-refractivity contribution is 5.78. The molecule has 0 radical (unpaired) electrons. The minimum Gasteiger partial charge on any atom is -0.508 e. The van der Waals surface area contributed by atoms with Gasteiger partial charge in [0.2, 0.25) is 0 Å². The number of hydrogen-bond donors (Lipinski definition) is 2. The number of hydrogen-bond acceptors (Lipinski definition) is 4. The summed E-state index contributed by atoms with van der Waals surface area (Å²) in [7, 11) is 0. The van der Waals surface area contributed by atoms with Gasteiger partial charge in [-0.25, -0.2) is 9.18 Å². The van der Waals surface area contributed by atoms with Gasteiger partial charge < -0.3 is 15.0 Å². The van der Waals surface area contributed by atoms with Gasteiger partial charge in [0, 0.05) is 26.2 Å². The van der Waals surface area contributed by atoms with Crippen LogP contribution in [-0.2, 0) is 6.54 Å². The number of aromatic amines is 1. The molecule has 2 aliphatic rings. The Labute approximate surface area is 166 Å². The van der Waals surface area contributed by atoms with Crippen molar-refractivity contribution in [3.8, 4) is 5.75 Å². The van der Waals surface area contributed by atoms with Crippen molar-refractivity contribution in [3.05, 3.63) is 74.7 Å². The molecule has 2 aromatic carbocycles. The van der Waals surface area contributed by atoms with E-state index in [-0.39, 0.29) is 17.1 Å². The summed E-state index contributed by atoms with van der Waals surface area (Å²) in [5, 5.41) is 9.96. The summed E-state index contributed by atoms with van der Waals surface area (Å²) < 4.78 is 14.4. The Morgan fingerprint density at radius 2 is 1.86 bits per heavy atom. The van der Waals surface area contributed by atoms with Crippen LogP contribution in [0.3, 0.4) is 0 Å². The van der Waals surface area contributed by atoms with Crippen LogP contribution in [0.25, 0.3) is 10.9 Å². The molecule has 0 spiro atoms. The number of aromatic hydroxyl groups is 1. The number of benzene rings is 2. The van der Waals surface area contributed by atoms with E-state index in [9.17, 15) is 19.1 Å². The topological polar surface area (TPSA) is 78.3 Å². The van der Waals surface area contributed by atoms with Gasteiger partial charge >= 0.3 is 5.69 Å². The molecule has 2 heterocycles. The first-order chi connectivity index (χ1) is 14.0. The maximum Gasteiger partial charge on any atom is 0.328 e. The number of phenolic OH excluding ortho intramolecular Hbond substituents is 1. The zero-order chi connectivity index (χ0) is 20.1. The fraction of sp³-hybridized carbons (Fsp3) is 0.364. The van der Waals surface area contributed by atoms with Crippen molar-refractivity contribution in [1.29, 1.82) is 0 Å². The highest BCUT2D eigenvalue weighted by Crippen LogP contribution is 2.51. The molecule has 2 fully saturated rings. The molecule has 0 amide bonds. The quantitative estimate of drug-likeness (QED) is 0.710. The number of fused-ring (bicyclic) bond motifs is 2. The smallest absolute Gasteiger partial charge is 0.328 e. The summed E-state index contributed by atoms with van der Waals surface area (Å²) in [4.78, 5) is 30.1. The molecule has 3 aromatic rings. The van der Waals surface area contributed by atoms with E-state index in [4.69, 9.17) is 0 Å². The van der Waals surface area contributed by atoms with Crippen molar-refractivity contribution in [2.45, 2.75) is 18.9 Å². The van der Waals surface area contributed by atoms with E-state index in [2.05, 4.69) is 9.88 Å². The van der Waals surface area contributed by atoms with E-state index in [0.717, 1.165) is 19.5 Å². The zero-order valence-electron chi connectivity index (χ0n) is 15.8. The van der Waals surface area contributed by atoms with E-state index in [1.165, 1.54) is 40.5 Å². The van der Waals surface area contributed by atoms with Crippen LogP contribution in [-0.4, -0.2) is 39.2 Å². The van der Waals surface area contributed by atoms with Crippen LogP contribution < -0.4 is 11.2 Å². The Hall–Kier alpha value is -2.93. The lowest BCUT2D eigenvalue weighted by Crippen LogP contribution is -2.38. The predicted octanol–water partition coefficient (Wildman–Crippen LogP) is 2.27. The van der Waals surface area contributed by atoms with Gasteiger partial charge in [0.1, 0.15) is 11.6 Å². The molecule has 0 bridgehead atoms. The molecule has 1 aliphatic heterocycles. The van der Waals surface area contributed by atoms with E-state index < -0.39 is 5.69 Å². The summed E-state index contributed by atoms with van der Waals surface area (Å²) in [6.07, 6.45) is 1.10. The number of rotatable bonds is 4. The summed E-state index contributed by atoms with van der Waals surface area (Å²) in [6, 6.07) is 11.2. The number of phenols is 1. The third-order valence-electron chi connectivity index (χ3n) is 6.54. The second-order valence-corrected chi connectivity index (χ2v) is 8.19. The molecule has 6 nitrogen and oxygen atoms in total. The van der Waals surface area contributed by atoms with Gasteiger partial charge in [-0.15, -0.1) is 0 Å². The first kappa shape index (κ1) is 18.1. The number of likely N-dealkylation sites (tertiary alicyclic amines) is 1. The Bertz CT molecular complexity index is 1180. The van der Waals surface area contributed by atoms with Crippen LogP contribution in [0.5, 0.6) is 5.75 Å². The second-order valence-electron chi connectivity index (χ2n) is 8.19. The van der Waals surface area contributed by atoms with Crippen molar-refractivity contribution in [1.82, 2.24) is 14.5 Å². The normalized spacial score (nSPS) is 23.8. The van der Waals surface area contributed by atoms with Crippen LogP contribution in [0, 0.1) is 17.7 Å². The lowest BCUT2D eigenvalue weighted by molar-refractivity contribution is 0.191. The molecule has 1 saturated heterocycles. The summed E-state index contributed by atoms with van der Waals surface area (Å²) in [5.41, 5.74) is 0.803. The fourth-order valence-electron chi connectivity index (χ4n) is 4.96. The summed E-state index contributed by atoms with van der Waals surface area (Å²) in [6.45, 7) is 2.81. The predicted molar refractivity (Wildman–Crippen MR) is 108 cm³/mol. The van der Waals surface area contributed by atoms with Crippen molar-refractivity contribution in [3.63, 3.8) is 0 Å². The van der Waals surface area contributed by atoms with Crippen LogP contribution in [0.1, 0.15) is 17.9 Å². The summed E-state index contributed by atoms with van der Waals surface area (Å²) in [5.74, 6) is 1.41. The van der Waals surface area contributed by atoms with Crippen molar-refractivity contribution >= 4 is 10.9 Å². The Morgan fingerprint density at radius 3 is 2.66 bits per heavy atom. The third-order valence-corrected chi connectivity index (χ3v) is 6.54. The first-order valence-electron chi connectivity index (χ1n) is 9.93. The molecule has 1 saturated carbocycles. The van der Waals surface area contributed by atoms with Gasteiger partial charge in [-0.05, 0) is 60.1 Å². The van der Waals surface area contributed by atoms with Crippen LogP contribution in [0.2, 0.25) is 0 Å². The van der Waals surface area contributed by atoms with E-state index in [1.807, 2.05) is 12.1 Å². The molecule has 5 rings (SSSR count). The Morgan fingerprint density at radius 1 is 1.07 bits per heavy atom. The molecule has 150 valence electrons. The molecule has 3 atom stereocenters. The van der Waals surface area contributed by atoms with Gasteiger partial charge in [0.05, 0.1) is 10.9 Å². The van der Waals surface area contributed by atoms with Crippen LogP contribution in [0.4, 0.5) is 4.39 Å². The fourth-order valence-corrected chi connectivity index (χ4v) is 4.96. The number of aromatic nitrogens is 2. The largest absolute Gasteiger partial charge is 0.508 e. The number of halogens is 1. The average molecular weight is 395 g/mol. The van der Waals surface area contributed by atoms with Gasteiger partial charge in [-0.2, -0.15) is 0 Å². The Kier molecular flexibility index (Phi) is 4.28. The Balaban J connectivity index is 1.29. The highest BCUT2D eigenvalue weighted by Gasteiger charge is 2.47. The lowest BCUT2D eigenvalue weighted by Gasteiger charge is -2.40.